The highest BCUT2D eigenvalue weighted by molar-refractivity contribution is 5.02. The summed E-state index contributed by atoms with van der Waals surface area (Å²) in [5, 5.41) is 3.83. The van der Waals surface area contributed by atoms with Crippen LogP contribution < -0.4 is 5.32 Å². The van der Waals surface area contributed by atoms with Gasteiger partial charge in [0.05, 0.1) is 6.61 Å². The van der Waals surface area contributed by atoms with Crippen molar-refractivity contribution in [3.8, 4) is 0 Å². The van der Waals surface area contributed by atoms with Crippen LogP contribution in [0, 0.1) is 11.8 Å². The fraction of sp³-hybridized carbons (Fsp3) is 1.00. The SMILES string of the molecule is CC1COCCC1N1CCCNC(C)(C2CC2)C1. The maximum absolute atomic E-state index is 5.60. The minimum absolute atomic E-state index is 0.370. The molecule has 3 fully saturated rings. The van der Waals surface area contributed by atoms with Crippen LogP contribution in [0.2, 0.25) is 0 Å². The molecule has 0 spiro atoms. The van der Waals surface area contributed by atoms with Crippen LogP contribution in [0.4, 0.5) is 0 Å². The van der Waals surface area contributed by atoms with Crippen molar-refractivity contribution < 1.29 is 4.74 Å². The molecule has 3 unspecified atom stereocenters. The molecule has 0 aromatic carbocycles. The van der Waals surface area contributed by atoms with Crippen LogP contribution in [-0.2, 0) is 4.74 Å². The van der Waals surface area contributed by atoms with Gasteiger partial charge in [0.15, 0.2) is 0 Å². The van der Waals surface area contributed by atoms with Gasteiger partial charge in [-0.2, -0.15) is 0 Å². The van der Waals surface area contributed by atoms with Gasteiger partial charge < -0.3 is 10.1 Å². The minimum Gasteiger partial charge on any atom is -0.381 e. The van der Waals surface area contributed by atoms with Gasteiger partial charge in [0.2, 0.25) is 0 Å². The first-order valence-corrected chi connectivity index (χ1v) is 7.76. The van der Waals surface area contributed by atoms with Gasteiger partial charge in [0, 0.05) is 24.7 Å². The lowest BCUT2D eigenvalue weighted by atomic mass is 9.91. The van der Waals surface area contributed by atoms with Crippen molar-refractivity contribution >= 4 is 0 Å². The van der Waals surface area contributed by atoms with Crippen molar-refractivity contribution in [2.45, 2.75) is 51.1 Å². The van der Waals surface area contributed by atoms with Gasteiger partial charge in [-0.3, -0.25) is 4.90 Å². The fourth-order valence-corrected chi connectivity index (χ4v) is 3.90. The Kier molecular flexibility index (Phi) is 3.65. The predicted octanol–water partition coefficient (Wildman–Crippen LogP) is 1.88. The van der Waals surface area contributed by atoms with Crippen molar-refractivity contribution in [3.05, 3.63) is 0 Å². The third kappa shape index (κ3) is 2.59. The number of ether oxygens (including phenoxy) is 1. The Labute approximate surface area is 111 Å². The molecule has 3 heteroatoms. The predicted molar refractivity (Wildman–Crippen MR) is 73.7 cm³/mol. The van der Waals surface area contributed by atoms with Crippen LogP contribution in [0.25, 0.3) is 0 Å². The van der Waals surface area contributed by atoms with E-state index in [0.717, 1.165) is 25.2 Å². The van der Waals surface area contributed by atoms with Gasteiger partial charge in [-0.25, -0.2) is 0 Å². The minimum atomic E-state index is 0.370. The molecule has 2 heterocycles. The average molecular weight is 252 g/mol. The van der Waals surface area contributed by atoms with Gasteiger partial charge in [0.25, 0.3) is 0 Å². The van der Waals surface area contributed by atoms with Crippen LogP contribution in [0.5, 0.6) is 0 Å². The van der Waals surface area contributed by atoms with E-state index in [2.05, 4.69) is 24.1 Å². The first-order valence-electron chi connectivity index (χ1n) is 7.76. The standard InChI is InChI=1S/C15H28N2O/c1-12-10-18-9-6-14(12)17-8-3-7-16-15(2,11-17)13-4-5-13/h12-14,16H,3-11H2,1-2H3. The van der Waals surface area contributed by atoms with Crippen LogP contribution in [0.1, 0.15) is 39.5 Å². The average Bonchev–Trinajstić information content (AvgIpc) is 3.16. The first kappa shape index (κ1) is 12.9. The monoisotopic (exact) mass is 252 g/mol. The summed E-state index contributed by atoms with van der Waals surface area (Å²) in [5.74, 6) is 1.62. The Balaban J connectivity index is 1.69. The topological polar surface area (TPSA) is 24.5 Å². The molecule has 2 saturated heterocycles. The molecule has 1 N–H and O–H groups in total. The Bertz CT molecular complexity index is 292. The molecular weight excluding hydrogens is 224 g/mol. The second-order valence-corrected chi connectivity index (χ2v) is 6.85. The number of rotatable bonds is 2. The van der Waals surface area contributed by atoms with E-state index in [0.29, 0.717) is 11.5 Å². The van der Waals surface area contributed by atoms with Crippen LogP contribution in [-0.4, -0.2) is 49.3 Å². The molecule has 104 valence electrons. The van der Waals surface area contributed by atoms with E-state index >= 15 is 0 Å². The van der Waals surface area contributed by atoms with E-state index in [1.165, 1.54) is 45.3 Å². The molecule has 0 radical (unpaired) electrons. The Morgan fingerprint density at radius 2 is 2.11 bits per heavy atom. The molecule has 18 heavy (non-hydrogen) atoms. The molecule has 0 aromatic heterocycles. The highest BCUT2D eigenvalue weighted by Crippen LogP contribution is 2.41. The summed E-state index contributed by atoms with van der Waals surface area (Å²) in [5.41, 5.74) is 0.370. The number of nitrogens with zero attached hydrogens (tertiary/aromatic N) is 1. The van der Waals surface area contributed by atoms with Crippen LogP contribution in [0.15, 0.2) is 0 Å². The molecule has 3 rings (SSSR count). The summed E-state index contributed by atoms with van der Waals surface area (Å²) < 4.78 is 5.60. The van der Waals surface area contributed by atoms with Gasteiger partial charge in [-0.05, 0) is 57.5 Å². The molecule has 3 nitrogen and oxygen atoms in total. The lowest BCUT2D eigenvalue weighted by Gasteiger charge is -2.42. The number of hydrogen-bond acceptors (Lipinski definition) is 3. The van der Waals surface area contributed by atoms with Gasteiger partial charge in [0.1, 0.15) is 0 Å². The van der Waals surface area contributed by atoms with Crippen molar-refractivity contribution in [2.75, 3.05) is 32.8 Å². The molecular formula is C15H28N2O. The highest BCUT2D eigenvalue weighted by Gasteiger charge is 2.44. The first-order chi connectivity index (χ1) is 8.69. The maximum atomic E-state index is 5.60. The summed E-state index contributed by atoms with van der Waals surface area (Å²) in [4.78, 5) is 2.77. The maximum Gasteiger partial charge on any atom is 0.0506 e. The fourth-order valence-electron chi connectivity index (χ4n) is 3.90. The molecule has 0 bridgehead atoms. The summed E-state index contributed by atoms with van der Waals surface area (Å²) in [7, 11) is 0. The second kappa shape index (κ2) is 5.10. The zero-order chi connectivity index (χ0) is 12.6. The molecule has 1 aliphatic carbocycles. The largest absolute Gasteiger partial charge is 0.381 e. The Hall–Kier alpha value is -0.120. The van der Waals surface area contributed by atoms with E-state index in [-0.39, 0.29) is 0 Å². The van der Waals surface area contributed by atoms with Gasteiger partial charge >= 0.3 is 0 Å². The van der Waals surface area contributed by atoms with Crippen molar-refractivity contribution in [1.29, 1.82) is 0 Å². The molecule has 2 aliphatic heterocycles. The van der Waals surface area contributed by atoms with Crippen molar-refractivity contribution in [1.82, 2.24) is 10.2 Å². The van der Waals surface area contributed by atoms with E-state index in [4.69, 9.17) is 4.74 Å². The van der Waals surface area contributed by atoms with Crippen molar-refractivity contribution in [2.24, 2.45) is 11.8 Å². The third-order valence-corrected chi connectivity index (χ3v) is 5.23. The zero-order valence-corrected chi connectivity index (χ0v) is 12.0. The van der Waals surface area contributed by atoms with Gasteiger partial charge in [-0.15, -0.1) is 0 Å². The Morgan fingerprint density at radius 3 is 2.83 bits per heavy atom. The lowest BCUT2D eigenvalue weighted by Crippen LogP contribution is -2.55. The second-order valence-electron chi connectivity index (χ2n) is 6.85. The summed E-state index contributed by atoms with van der Waals surface area (Å²) in [6.07, 6.45) is 5.38. The Morgan fingerprint density at radius 1 is 1.28 bits per heavy atom. The smallest absolute Gasteiger partial charge is 0.0506 e. The van der Waals surface area contributed by atoms with E-state index in [1.807, 2.05) is 0 Å². The van der Waals surface area contributed by atoms with Crippen LogP contribution in [0.3, 0.4) is 0 Å². The molecule has 3 aliphatic rings. The molecule has 0 aromatic rings. The summed E-state index contributed by atoms with van der Waals surface area (Å²) >= 11 is 0. The van der Waals surface area contributed by atoms with E-state index in [1.54, 1.807) is 0 Å². The van der Waals surface area contributed by atoms with E-state index < -0.39 is 0 Å². The summed E-state index contributed by atoms with van der Waals surface area (Å²) in [6.45, 7) is 10.4. The van der Waals surface area contributed by atoms with Crippen LogP contribution >= 0.6 is 0 Å². The normalized spacial score (nSPS) is 43.7. The van der Waals surface area contributed by atoms with E-state index in [9.17, 15) is 0 Å². The van der Waals surface area contributed by atoms with Crippen molar-refractivity contribution in [3.63, 3.8) is 0 Å². The molecule has 0 amide bonds. The molecule has 3 atom stereocenters. The lowest BCUT2D eigenvalue weighted by molar-refractivity contribution is -0.0115. The summed E-state index contributed by atoms with van der Waals surface area (Å²) in [6, 6.07) is 0.747. The zero-order valence-electron chi connectivity index (χ0n) is 12.0. The third-order valence-electron chi connectivity index (χ3n) is 5.23. The van der Waals surface area contributed by atoms with Gasteiger partial charge in [-0.1, -0.05) is 6.92 Å². The quantitative estimate of drug-likeness (QED) is 0.812. The number of nitrogens with one attached hydrogen (secondary N) is 1. The number of hydrogen-bond donors (Lipinski definition) is 1. The highest BCUT2D eigenvalue weighted by atomic mass is 16.5. The molecule has 1 saturated carbocycles.